The van der Waals surface area contributed by atoms with Gasteiger partial charge < -0.3 is 38.1 Å². The molecule has 0 radical (unpaired) electrons. The molecule has 1 heterocycles. The van der Waals surface area contributed by atoms with Gasteiger partial charge in [-0.2, -0.15) is 0 Å². The summed E-state index contributed by atoms with van der Waals surface area (Å²) < 4.78 is 0. The van der Waals surface area contributed by atoms with Crippen molar-refractivity contribution in [3.8, 4) is 0 Å². The zero-order chi connectivity index (χ0) is 39.6. The largest absolute Gasteiger partial charge is 0.368 e. The minimum Gasteiger partial charge on any atom is -0.368 e. The molecule has 2 aliphatic rings. The predicted molar refractivity (Wildman–Crippen MR) is 207 cm³/mol. The van der Waals surface area contributed by atoms with Crippen LogP contribution in [0.3, 0.4) is 0 Å². The number of benzene rings is 2. The van der Waals surface area contributed by atoms with Gasteiger partial charge in [0.2, 0.25) is 35.4 Å². The fourth-order valence-corrected chi connectivity index (χ4v) is 6.97. The van der Waals surface area contributed by atoms with E-state index < -0.39 is 59.6 Å². The molecular formula is C41H55N7O7. The first-order chi connectivity index (χ1) is 26.5. The van der Waals surface area contributed by atoms with E-state index in [-0.39, 0.29) is 37.5 Å². The van der Waals surface area contributed by atoms with Crippen molar-refractivity contribution in [3.63, 3.8) is 0 Å². The van der Waals surface area contributed by atoms with E-state index in [2.05, 4.69) is 26.6 Å². The van der Waals surface area contributed by atoms with Gasteiger partial charge in [-0.1, -0.05) is 86.7 Å². The molecule has 0 bridgehead atoms. The van der Waals surface area contributed by atoms with Gasteiger partial charge in [0, 0.05) is 36.2 Å². The number of nitrogens with one attached hydrogen (secondary N) is 5. The minimum atomic E-state index is -1.05. The van der Waals surface area contributed by atoms with Crippen molar-refractivity contribution in [1.29, 1.82) is 0 Å². The molecule has 4 atom stereocenters. The number of unbranched alkanes of at least 4 members (excludes halogenated alkanes) is 1. The molecule has 14 heteroatoms. The van der Waals surface area contributed by atoms with Gasteiger partial charge in [-0.3, -0.25) is 33.6 Å². The Morgan fingerprint density at radius 2 is 1.25 bits per heavy atom. The Labute approximate surface area is 322 Å². The van der Waals surface area contributed by atoms with Crippen molar-refractivity contribution < 1.29 is 33.6 Å². The summed E-state index contributed by atoms with van der Waals surface area (Å²) >= 11 is 0. The third-order valence-corrected chi connectivity index (χ3v) is 10.1. The van der Waals surface area contributed by atoms with Crippen LogP contribution < -0.4 is 38.1 Å². The summed E-state index contributed by atoms with van der Waals surface area (Å²) in [5.74, 6) is -3.71. The lowest BCUT2D eigenvalue weighted by Gasteiger charge is -2.29. The van der Waals surface area contributed by atoms with E-state index in [0.29, 0.717) is 55.3 Å². The Kier molecular flexibility index (Phi) is 17.0. The van der Waals surface area contributed by atoms with Crippen molar-refractivity contribution in [2.24, 2.45) is 17.4 Å². The SMILES string of the molecule is NCCCC[C@@H]1NC(=O)/C=C/C(=O)N[C@H](C(N)=O)CCCCNC(=O)[C@@H](Cc2ccc(C(=O)c3ccccc3)cc2)NC(=O)[C@H](CC2CCCCC2)NC1=O. The summed E-state index contributed by atoms with van der Waals surface area (Å²) in [6, 6.07) is 11.7. The summed E-state index contributed by atoms with van der Waals surface area (Å²) in [4.78, 5) is 92.4. The molecule has 2 aromatic carbocycles. The highest BCUT2D eigenvalue weighted by Gasteiger charge is 2.32. The second-order valence-corrected chi connectivity index (χ2v) is 14.4. The molecule has 296 valence electrons. The second kappa shape index (κ2) is 22.1. The quantitative estimate of drug-likeness (QED) is 0.132. The number of primary amides is 1. The van der Waals surface area contributed by atoms with Crippen molar-refractivity contribution >= 4 is 41.2 Å². The molecular weight excluding hydrogens is 702 g/mol. The first-order valence-corrected chi connectivity index (χ1v) is 19.4. The number of carbonyl (C=O) groups is 7. The van der Waals surface area contributed by atoms with E-state index in [1.165, 1.54) is 0 Å². The predicted octanol–water partition coefficient (Wildman–Crippen LogP) is 1.84. The Morgan fingerprint density at radius 3 is 1.93 bits per heavy atom. The molecule has 1 saturated carbocycles. The Morgan fingerprint density at radius 1 is 0.636 bits per heavy atom. The summed E-state index contributed by atoms with van der Waals surface area (Å²) in [7, 11) is 0. The molecule has 1 fully saturated rings. The van der Waals surface area contributed by atoms with Gasteiger partial charge in [-0.15, -0.1) is 0 Å². The first-order valence-electron chi connectivity index (χ1n) is 19.4. The maximum Gasteiger partial charge on any atom is 0.244 e. The lowest BCUT2D eigenvalue weighted by atomic mass is 9.84. The highest BCUT2D eigenvalue weighted by atomic mass is 16.2. The fourth-order valence-electron chi connectivity index (χ4n) is 6.97. The highest BCUT2D eigenvalue weighted by molar-refractivity contribution is 6.09. The molecule has 0 saturated heterocycles. The van der Waals surface area contributed by atoms with Gasteiger partial charge in [0.25, 0.3) is 0 Å². The Hall–Kier alpha value is -5.37. The lowest BCUT2D eigenvalue weighted by Crippen LogP contribution is -2.57. The van der Waals surface area contributed by atoms with E-state index in [9.17, 15) is 33.6 Å². The molecule has 0 unspecified atom stereocenters. The molecule has 55 heavy (non-hydrogen) atoms. The molecule has 0 spiro atoms. The number of carbonyl (C=O) groups excluding carboxylic acids is 7. The molecule has 2 aromatic rings. The van der Waals surface area contributed by atoms with E-state index in [1.54, 1.807) is 48.5 Å². The Bertz CT molecular complexity index is 1660. The molecule has 0 aromatic heterocycles. The second-order valence-electron chi connectivity index (χ2n) is 14.4. The third kappa shape index (κ3) is 14.1. The zero-order valence-corrected chi connectivity index (χ0v) is 31.4. The summed E-state index contributed by atoms with van der Waals surface area (Å²) in [5, 5.41) is 13.8. The molecule has 14 nitrogen and oxygen atoms in total. The van der Waals surface area contributed by atoms with Crippen LogP contribution in [-0.2, 0) is 35.2 Å². The van der Waals surface area contributed by atoms with Crippen LogP contribution in [0.5, 0.6) is 0 Å². The standard InChI is InChI=1S/C41H55N7O7/c42-23-9-7-16-32-40(54)48-34(25-27-11-3-1-4-12-27)41(55)47-33(26-28-17-19-30(20-18-28)37(51)29-13-5-2-6-14-29)39(53)44-24-10-8-15-31(38(43)52)45-35(49)21-22-36(50)46-32/h2,5-6,13-14,17-22,27,31-34H,1,3-4,7-12,15-16,23-26,42H2,(H2,43,52)(H,44,53)(H,45,49)(H,46,50)(H,47,55)(H,48,54)/b22-21+/t31-,32-,33+,34-/m0/s1. The zero-order valence-electron chi connectivity index (χ0n) is 31.4. The fraction of sp³-hybridized carbons (Fsp3) is 0.488. The van der Waals surface area contributed by atoms with Crippen LogP contribution in [0.1, 0.15) is 98.5 Å². The lowest BCUT2D eigenvalue weighted by molar-refractivity contribution is -0.133. The van der Waals surface area contributed by atoms with Crippen LogP contribution in [-0.4, -0.2) is 78.5 Å². The van der Waals surface area contributed by atoms with Gasteiger partial charge in [0.1, 0.15) is 24.2 Å². The maximum absolute atomic E-state index is 14.2. The van der Waals surface area contributed by atoms with Crippen LogP contribution in [0.15, 0.2) is 66.7 Å². The van der Waals surface area contributed by atoms with E-state index in [0.717, 1.165) is 44.3 Å². The molecule has 9 N–H and O–H groups in total. The van der Waals surface area contributed by atoms with Crippen LogP contribution in [0.25, 0.3) is 0 Å². The molecule has 1 aliphatic carbocycles. The summed E-state index contributed by atoms with van der Waals surface area (Å²) in [6.45, 7) is 0.591. The average molecular weight is 758 g/mol. The molecule has 4 rings (SSSR count). The van der Waals surface area contributed by atoms with E-state index in [1.807, 2.05) is 6.07 Å². The summed E-state index contributed by atoms with van der Waals surface area (Å²) in [6.07, 6.45) is 9.70. The maximum atomic E-state index is 14.2. The van der Waals surface area contributed by atoms with Crippen LogP contribution >= 0.6 is 0 Å². The van der Waals surface area contributed by atoms with Gasteiger partial charge in [-0.25, -0.2) is 0 Å². The number of nitrogens with two attached hydrogens (primary N) is 2. The van der Waals surface area contributed by atoms with Gasteiger partial charge >= 0.3 is 0 Å². The van der Waals surface area contributed by atoms with Crippen LogP contribution in [0, 0.1) is 5.92 Å². The minimum absolute atomic E-state index is 0.0986. The number of amides is 6. The topological polar surface area (TPSA) is 232 Å². The van der Waals surface area contributed by atoms with Crippen molar-refractivity contribution in [2.75, 3.05) is 13.1 Å². The van der Waals surface area contributed by atoms with Crippen molar-refractivity contribution in [3.05, 3.63) is 83.4 Å². The van der Waals surface area contributed by atoms with Crippen molar-refractivity contribution in [1.82, 2.24) is 26.6 Å². The normalized spacial score (nSPS) is 23.3. The summed E-state index contributed by atoms with van der Waals surface area (Å²) in [5.41, 5.74) is 12.9. The van der Waals surface area contributed by atoms with Gasteiger partial charge in [-0.05, 0) is 63.0 Å². The van der Waals surface area contributed by atoms with Crippen LogP contribution in [0.2, 0.25) is 0 Å². The van der Waals surface area contributed by atoms with Crippen molar-refractivity contribution in [2.45, 2.75) is 108 Å². The number of ketones is 1. The molecule has 6 amide bonds. The van der Waals surface area contributed by atoms with Crippen LogP contribution in [0.4, 0.5) is 0 Å². The number of rotatable bonds is 11. The number of hydrogen-bond donors (Lipinski definition) is 7. The monoisotopic (exact) mass is 757 g/mol. The molecule has 1 aliphatic heterocycles. The average Bonchev–Trinajstić information content (AvgIpc) is 3.18. The smallest absolute Gasteiger partial charge is 0.244 e. The van der Waals surface area contributed by atoms with E-state index >= 15 is 0 Å². The van der Waals surface area contributed by atoms with Gasteiger partial charge in [0.15, 0.2) is 5.78 Å². The third-order valence-electron chi connectivity index (χ3n) is 10.1. The first kappa shape index (κ1) is 42.4. The highest BCUT2D eigenvalue weighted by Crippen LogP contribution is 2.27. The number of hydrogen-bond acceptors (Lipinski definition) is 8. The van der Waals surface area contributed by atoms with E-state index in [4.69, 9.17) is 11.5 Å². The Balaban J connectivity index is 1.61. The van der Waals surface area contributed by atoms with Gasteiger partial charge in [0.05, 0.1) is 0 Å².